The predicted octanol–water partition coefficient (Wildman–Crippen LogP) is 2.59. The molecule has 2 bridgehead atoms. The number of hydrogen-bond acceptors (Lipinski definition) is 2. The Bertz CT molecular complexity index is 327. The summed E-state index contributed by atoms with van der Waals surface area (Å²) in [5.74, 6) is -3.98. The number of carbonyl (C=O) groups excluding carboxylic acids is 1. The zero-order valence-corrected chi connectivity index (χ0v) is 8.91. The molecule has 2 nitrogen and oxygen atoms in total. The SMILES string of the molecule is CCOC(=O)[C@@H]1[C@@H]([B-](F)(F)F)[C@H]2C=C[C@@H]1C2. The van der Waals surface area contributed by atoms with Gasteiger partial charge in [-0.1, -0.05) is 18.0 Å². The zero-order chi connectivity index (χ0) is 11.9. The lowest BCUT2D eigenvalue weighted by Crippen LogP contribution is -2.37. The molecule has 2 rings (SSSR count). The van der Waals surface area contributed by atoms with Gasteiger partial charge in [0, 0.05) is 5.92 Å². The van der Waals surface area contributed by atoms with Gasteiger partial charge in [-0.3, -0.25) is 4.79 Å². The van der Waals surface area contributed by atoms with Crippen LogP contribution < -0.4 is 0 Å². The maximum atomic E-state index is 12.9. The maximum Gasteiger partial charge on any atom is 0.482 e. The van der Waals surface area contributed by atoms with Gasteiger partial charge in [0.2, 0.25) is 0 Å². The molecule has 0 aromatic rings. The molecule has 0 unspecified atom stereocenters. The van der Waals surface area contributed by atoms with Crippen molar-refractivity contribution in [3.63, 3.8) is 0 Å². The molecule has 0 aromatic heterocycles. The Labute approximate surface area is 91.9 Å². The molecular weight excluding hydrogens is 220 g/mol. The monoisotopic (exact) mass is 233 g/mol. The van der Waals surface area contributed by atoms with Crippen molar-refractivity contribution in [2.45, 2.75) is 19.2 Å². The van der Waals surface area contributed by atoms with Crippen LogP contribution in [0.4, 0.5) is 12.9 Å². The molecule has 0 amide bonds. The van der Waals surface area contributed by atoms with Crippen LogP contribution in [0.25, 0.3) is 0 Å². The van der Waals surface area contributed by atoms with Crippen molar-refractivity contribution < 1.29 is 22.5 Å². The van der Waals surface area contributed by atoms with Gasteiger partial charge in [-0.05, 0) is 25.2 Å². The summed E-state index contributed by atoms with van der Waals surface area (Å²) in [5.41, 5.74) is 0. The summed E-state index contributed by atoms with van der Waals surface area (Å²) < 4.78 is 43.4. The Kier molecular flexibility index (Phi) is 2.76. The van der Waals surface area contributed by atoms with Crippen molar-refractivity contribution in [3.8, 4) is 0 Å². The van der Waals surface area contributed by atoms with Crippen molar-refractivity contribution in [1.29, 1.82) is 0 Å². The first-order chi connectivity index (χ1) is 7.45. The second-order valence-electron chi connectivity index (χ2n) is 4.43. The van der Waals surface area contributed by atoms with Crippen molar-refractivity contribution in [1.82, 2.24) is 0 Å². The van der Waals surface area contributed by atoms with E-state index in [1.54, 1.807) is 19.1 Å². The molecule has 0 saturated heterocycles. The molecule has 0 spiro atoms. The summed E-state index contributed by atoms with van der Waals surface area (Å²) in [7, 11) is 0. The van der Waals surface area contributed by atoms with E-state index in [2.05, 4.69) is 0 Å². The van der Waals surface area contributed by atoms with Gasteiger partial charge in [-0.15, -0.1) is 0 Å². The maximum absolute atomic E-state index is 12.9. The van der Waals surface area contributed by atoms with Crippen molar-refractivity contribution >= 4 is 12.9 Å². The molecule has 0 heterocycles. The van der Waals surface area contributed by atoms with E-state index in [9.17, 15) is 17.7 Å². The fourth-order valence-corrected chi connectivity index (χ4v) is 2.95. The van der Waals surface area contributed by atoms with Crippen molar-refractivity contribution in [3.05, 3.63) is 12.2 Å². The van der Waals surface area contributed by atoms with Crippen LogP contribution in [0.2, 0.25) is 5.82 Å². The average Bonchev–Trinajstić information content (AvgIpc) is 2.74. The number of rotatable bonds is 3. The molecule has 0 radical (unpaired) electrons. The van der Waals surface area contributed by atoms with Crippen LogP contribution in [0, 0.1) is 17.8 Å². The Hall–Kier alpha value is -0.935. The Morgan fingerprint density at radius 2 is 2.00 bits per heavy atom. The molecule has 2 aliphatic rings. The molecule has 6 heteroatoms. The first-order valence-electron chi connectivity index (χ1n) is 5.50. The number of esters is 1. The third kappa shape index (κ3) is 1.74. The van der Waals surface area contributed by atoms with E-state index in [-0.39, 0.29) is 12.5 Å². The van der Waals surface area contributed by atoms with E-state index in [1.807, 2.05) is 0 Å². The van der Waals surface area contributed by atoms with Gasteiger partial charge in [0.1, 0.15) is 0 Å². The lowest BCUT2D eigenvalue weighted by Gasteiger charge is -2.33. The molecule has 4 atom stereocenters. The van der Waals surface area contributed by atoms with Crippen molar-refractivity contribution in [2.24, 2.45) is 17.8 Å². The zero-order valence-electron chi connectivity index (χ0n) is 8.91. The van der Waals surface area contributed by atoms with Gasteiger partial charge < -0.3 is 17.7 Å². The summed E-state index contributed by atoms with van der Waals surface area (Å²) in [6, 6.07) is 0. The quantitative estimate of drug-likeness (QED) is 0.425. The van der Waals surface area contributed by atoms with Gasteiger partial charge in [0.25, 0.3) is 0 Å². The van der Waals surface area contributed by atoms with Crippen LogP contribution in [-0.2, 0) is 9.53 Å². The summed E-state index contributed by atoms with van der Waals surface area (Å²) in [4.78, 5) is 11.5. The highest BCUT2D eigenvalue weighted by molar-refractivity contribution is 6.61. The van der Waals surface area contributed by atoms with Gasteiger partial charge in [-0.25, -0.2) is 0 Å². The van der Waals surface area contributed by atoms with E-state index in [1.165, 1.54) is 0 Å². The second-order valence-corrected chi connectivity index (χ2v) is 4.43. The van der Waals surface area contributed by atoms with E-state index >= 15 is 0 Å². The van der Waals surface area contributed by atoms with Gasteiger partial charge >= 0.3 is 12.9 Å². The van der Waals surface area contributed by atoms with E-state index in [0.717, 1.165) is 0 Å². The molecule has 0 aliphatic heterocycles. The van der Waals surface area contributed by atoms with Crippen LogP contribution in [0.5, 0.6) is 0 Å². The van der Waals surface area contributed by atoms with Gasteiger partial charge in [0.15, 0.2) is 0 Å². The summed E-state index contributed by atoms with van der Waals surface area (Å²) in [6.45, 7) is -3.24. The average molecular weight is 233 g/mol. The highest BCUT2D eigenvalue weighted by atomic mass is 19.4. The standard InChI is InChI=1S/C10H13BF3O2/c1-2-16-10(15)8-6-3-4-7(5-6)9(8)11(12,13)14/h3-4,6-9H,2,5H2,1H3/q-1/t6-,7+,8+,9+/m1/s1. The first kappa shape index (κ1) is 11.5. The fourth-order valence-electron chi connectivity index (χ4n) is 2.95. The summed E-state index contributed by atoms with van der Waals surface area (Å²) >= 11 is 0. The number of hydrogen-bond donors (Lipinski definition) is 0. The molecule has 0 N–H and O–H groups in total. The van der Waals surface area contributed by atoms with Crippen LogP contribution in [0.1, 0.15) is 13.3 Å². The van der Waals surface area contributed by atoms with E-state index < -0.39 is 30.6 Å². The Morgan fingerprint density at radius 3 is 2.56 bits per heavy atom. The number of carbonyl (C=O) groups is 1. The minimum Gasteiger partial charge on any atom is -0.466 e. The normalized spacial score (nSPS) is 36.8. The molecular formula is C10H13BF3O2-. The van der Waals surface area contributed by atoms with Crippen LogP contribution in [0.3, 0.4) is 0 Å². The Balaban J connectivity index is 2.22. The summed E-state index contributed by atoms with van der Waals surface area (Å²) in [5, 5.41) is 0. The molecule has 90 valence electrons. The topological polar surface area (TPSA) is 26.3 Å². The third-order valence-corrected chi connectivity index (χ3v) is 3.52. The second kappa shape index (κ2) is 3.82. The van der Waals surface area contributed by atoms with Crippen molar-refractivity contribution in [2.75, 3.05) is 6.61 Å². The number of ether oxygens (including phenoxy) is 1. The predicted molar refractivity (Wildman–Crippen MR) is 53.7 cm³/mol. The molecule has 0 aromatic carbocycles. The lowest BCUT2D eigenvalue weighted by molar-refractivity contribution is -0.149. The molecule has 16 heavy (non-hydrogen) atoms. The first-order valence-corrected chi connectivity index (χ1v) is 5.50. The lowest BCUT2D eigenvalue weighted by atomic mass is 9.61. The third-order valence-electron chi connectivity index (χ3n) is 3.52. The highest BCUT2D eigenvalue weighted by Crippen LogP contribution is 2.56. The van der Waals surface area contributed by atoms with E-state index in [4.69, 9.17) is 4.74 Å². The van der Waals surface area contributed by atoms with Crippen LogP contribution in [-0.4, -0.2) is 19.6 Å². The van der Waals surface area contributed by atoms with Gasteiger partial charge in [-0.2, -0.15) is 0 Å². The fraction of sp³-hybridized carbons (Fsp3) is 0.700. The number of fused-ring (bicyclic) bond motifs is 2. The minimum absolute atomic E-state index is 0.133. The number of allylic oxidation sites excluding steroid dienone is 2. The Morgan fingerprint density at radius 1 is 1.38 bits per heavy atom. The number of halogens is 3. The molecule has 2 aliphatic carbocycles. The summed E-state index contributed by atoms with van der Waals surface area (Å²) in [6.07, 6.45) is 3.76. The molecule has 1 fully saturated rings. The highest BCUT2D eigenvalue weighted by Gasteiger charge is 2.56. The van der Waals surface area contributed by atoms with Crippen LogP contribution >= 0.6 is 0 Å². The van der Waals surface area contributed by atoms with Crippen LogP contribution in [0.15, 0.2) is 12.2 Å². The molecule has 1 saturated carbocycles. The van der Waals surface area contributed by atoms with E-state index in [0.29, 0.717) is 6.42 Å². The minimum atomic E-state index is -4.98. The smallest absolute Gasteiger partial charge is 0.466 e. The largest absolute Gasteiger partial charge is 0.482 e. The van der Waals surface area contributed by atoms with Gasteiger partial charge in [0.05, 0.1) is 6.61 Å².